The molecule has 0 heterocycles. The fourth-order valence-corrected chi connectivity index (χ4v) is 4.74. The van der Waals surface area contributed by atoms with Crippen molar-refractivity contribution in [2.45, 2.75) is 18.2 Å². The Labute approximate surface area is 236 Å². The number of esters is 1. The molecular formula is C32H28N2O5S. The van der Waals surface area contributed by atoms with E-state index in [-0.39, 0.29) is 30.3 Å². The van der Waals surface area contributed by atoms with Gasteiger partial charge in [0, 0.05) is 16.1 Å². The zero-order valence-corrected chi connectivity index (χ0v) is 22.7. The number of rotatable bonds is 11. The van der Waals surface area contributed by atoms with Gasteiger partial charge in [0.05, 0.1) is 12.4 Å². The summed E-state index contributed by atoms with van der Waals surface area (Å²) in [6.45, 7) is 1.91. The van der Waals surface area contributed by atoms with Gasteiger partial charge in [-0.25, -0.2) is 0 Å². The third kappa shape index (κ3) is 7.91. The van der Waals surface area contributed by atoms with E-state index in [0.717, 1.165) is 21.2 Å². The molecule has 0 atom stereocenters. The van der Waals surface area contributed by atoms with Crippen LogP contribution in [0.15, 0.2) is 108 Å². The van der Waals surface area contributed by atoms with Crippen molar-refractivity contribution < 1.29 is 23.9 Å². The Bertz CT molecular complexity index is 1560. The van der Waals surface area contributed by atoms with Gasteiger partial charge in [0.2, 0.25) is 0 Å². The molecule has 0 fully saturated rings. The van der Waals surface area contributed by atoms with Crippen LogP contribution in [0.3, 0.4) is 0 Å². The maximum absolute atomic E-state index is 13.5. The summed E-state index contributed by atoms with van der Waals surface area (Å²) in [6, 6.07) is 29.2. The van der Waals surface area contributed by atoms with E-state index in [1.165, 1.54) is 11.8 Å². The lowest BCUT2D eigenvalue weighted by atomic mass is 10.0. The van der Waals surface area contributed by atoms with Crippen LogP contribution in [-0.2, 0) is 19.1 Å². The second-order valence-electron chi connectivity index (χ2n) is 8.74. The average Bonchev–Trinajstić information content (AvgIpc) is 2.96. The number of thioether (sulfide) groups is 1. The number of ketones is 1. The van der Waals surface area contributed by atoms with Crippen molar-refractivity contribution in [1.29, 1.82) is 0 Å². The molecule has 0 aliphatic heterocycles. The average molecular weight is 553 g/mol. The Morgan fingerprint density at radius 3 is 2.38 bits per heavy atom. The van der Waals surface area contributed by atoms with Crippen LogP contribution in [0.1, 0.15) is 29.3 Å². The van der Waals surface area contributed by atoms with Crippen LogP contribution in [0.4, 0.5) is 5.69 Å². The van der Waals surface area contributed by atoms with Crippen LogP contribution in [0.25, 0.3) is 16.8 Å². The molecule has 4 aromatic rings. The molecule has 0 radical (unpaired) electrons. The van der Waals surface area contributed by atoms with E-state index in [4.69, 9.17) is 4.74 Å². The minimum atomic E-state index is -0.544. The largest absolute Gasteiger partial charge is 0.466 e. The summed E-state index contributed by atoms with van der Waals surface area (Å²) in [7, 11) is 0. The SMILES string of the molecule is CCOC(=O)CC(=O)CSc1cccc(NC(=O)/C(=C/c2cccc3ccccc23)NC(=O)c2ccccc2)c1. The van der Waals surface area contributed by atoms with Gasteiger partial charge in [-0.1, -0.05) is 66.7 Å². The lowest BCUT2D eigenvalue weighted by Gasteiger charge is -2.13. The molecule has 4 rings (SSSR count). The fraction of sp³-hybridized carbons (Fsp3) is 0.125. The van der Waals surface area contributed by atoms with Gasteiger partial charge in [0.1, 0.15) is 12.1 Å². The zero-order valence-electron chi connectivity index (χ0n) is 21.9. The summed E-state index contributed by atoms with van der Waals surface area (Å²) in [6.07, 6.45) is 1.38. The number of Topliss-reactive ketones (excluding diaryl/α,β-unsaturated/α-hetero) is 1. The van der Waals surface area contributed by atoms with Crippen molar-refractivity contribution in [1.82, 2.24) is 5.32 Å². The van der Waals surface area contributed by atoms with Gasteiger partial charge in [-0.3, -0.25) is 19.2 Å². The monoisotopic (exact) mass is 552 g/mol. The second kappa shape index (κ2) is 13.9. The number of carbonyl (C=O) groups excluding carboxylic acids is 4. The van der Waals surface area contributed by atoms with Crippen molar-refractivity contribution in [3.8, 4) is 0 Å². The molecule has 0 saturated carbocycles. The Balaban J connectivity index is 1.54. The molecule has 0 saturated heterocycles. The number of carbonyl (C=O) groups is 4. The number of hydrogen-bond acceptors (Lipinski definition) is 6. The molecule has 0 aromatic heterocycles. The molecule has 4 aromatic carbocycles. The number of benzene rings is 4. The Hall–Kier alpha value is -4.69. The Morgan fingerprint density at radius 2 is 1.57 bits per heavy atom. The van der Waals surface area contributed by atoms with Crippen LogP contribution in [0.5, 0.6) is 0 Å². The van der Waals surface area contributed by atoms with Crippen LogP contribution in [0.2, 0.25) is 0 Å². The van der Waals surface area contributed by atoms with E-state index >= 15 is 0 Å². The molecule has 0 bridgehead atoms. The van der Waals surface area contributed by atoms with Gasteiger partial charge in [-0.15, -0.1) is 11.8 Å². The zero-order chi connectivity index (χ0) is 28.3. The van der Waals surface area contributed by atoms with E-state index in [9.17, 15) is 19.2 Å². The van der Waals surface area contributed by atoms with Crippen molar-refractivity contribution >= 4 is 57.9 Å². The Morgan fingerprint density at radius 1 is 0.850 bits per heavy atom. The quantitative estimate of drug-likeness (QED) is 0.105. The lowest BCUT2D eigenvalue weighted by Crippen LogP contribution is -2.30. The summed E-state index contributed by atoms with van der Waals surface area (Å²) < 4.78 is 4.82. The number of hydrogen-bond donors (Lipinski definition) is 2. The molecule has 40 heavy (non-hydrogen) atoms. The lowest BCUT2D eigenvalue weighted by molar-refractivity contribution is -0.145. The molecule has 0 unspecified atom stereocenters. The van der Waals surface area contributed by atoms with Crippen molar-refractivity contribution in [3.63, 3.8) is 0 Å². The number of nitrogens with one attached hydrogen (secondary N) is 2. The summed E-state index contributed by atoms with van der Waals surface area (Å²) in [5.74, 6) is -1.61. The van der Waals surface area contributed by atoms with E-state index in [2.05, 4.69) is 10.6 Å². The number of ether oxygens (including phenoxy) is 1. The molecule has 2 N–H and O–H groups in total. The summed E-state index contributed by atoms with van der Waals surface area (Å²) in [5.41, 5.74) is 1.77. The van der Waals surface area contributed by atoms with Gasteiger partial charge in [-0.05, 0) is 59.7 Å². The molecule has 202 valence electrons. The smallest absolute Gasteiger partial charge is 0.313 e. The third-order valence-electron chi connectivity index (χ3n) is 5.79. The number of fused-ring (bicyclic) bond motifs is 1. The minimum Gasteiger partial charge on any atom is -0.466 e. The van der Waals surface area contributed by atoms with Crippen LogP contribution in [-0.4, -0.2) is 35.9 Å². The van der Waals surface area contributed by atoms with Gasteiger partial charge >= 0.3 is 5.97 Å². The highest BCUT2D eigenvalue weighted by atomic mass is 32.2. The van der Waals surface area contributed by atoms with Crippen LogP contribution in [0, 0.1) is 0 Å². The highest BCUT2D eigenvalue weighted by Crippen LogP contribution is 2.24. The van der Waals surface area contributed by atoms with E-state index in [1.807, 2.05) is 54.6 Å². The van der Waals surface area contributed by atoms with E-state index < -0.39 is 17.8 Å². The molecule has 2 amide bonds. The predicted molar refractivity (Wildman–Crippen MR) is 158 cm³/mol. The van der Waals surface area contributed by atoms with Gasteiger partial charge < -0.3 is 15.4 Å². The van der Waals surface area contributed by atoms with Crippen molar-refractivity contribution in [3.05, 3.63) is 114 Å². The molecular weight excluding hydrogens is 524 g/mol. The second-order valence-corrected chi connectivity index (χ2v) is 9.79. The molecule has 0 aliphatic rings. The van der Waals surface area contributed by atoms with Gasteiger partial charge in [0.25, 0.3) is 11.8 Å². The summed E-state index contributed by atoms with van der Waals surface area (Å²) in [5, 5.41) is 7.56. The highest BCUT2D eigenvalue weighted by molar-refractivity contribution is 8.00. The van der Waals surface area contributed by atoms with Crippen LogP contribution >= 0.6 is 11.8 Å². The summed E-state index contributed by atoms with van der Waals surface area (Å²) in [4.78, 5) is 50.8. The normalized spacial score (nSPS) is 11.1. The van der Waals surface area contributed by atoms with Gasteiger partial charge in [0.15, 0.2) is 5.78 Å². The molecule has 7 nitrogen and oxygen atoms in total. The van der Waals surface area contributed by atoms with Crippen LogP contribution < -0.4 is 10.6 Å². The highest BCUT2D eigenvalue weighted by Gasteiger charge is 2.16. The predicted octanol–water partition coefficient (Wildman–Crippen LogP) is 5.86. The first-order valence-corrected chi connectivity index (χ1v) is 13.7. The first-order chi connectivity index (χ1) is 19.4. The van der Waals surface area contributed by atoms with Gasteiger partial charge in [-0.2, -0.15) is 0 Å². The van der Waals surface area contributed by atoms with Crippen molar-refractivity contribution in [2.24, 2.45) is 0 Å². The van der Waals surface area contributed by atoms with Crippen molar-refractivity contribution in [2.75, 3.05) is 17.7 Å². The number of anilines is 1. The molecule has 0 spiro atoms. The Kier molecular flexibility index (Phi) is 9.85. The maximum atomic E-state index is 13.5. The van der Waals surface area contributed by atoms with E-state index in [0.29, 0.717) is 11.3 Å². The minimum absolute atomic E-state index is 0.0767. The standard InChI is InChI=1S/C32H28N2O5S/c1-2-39-30(36)20-26(35)21-40-27-16-9-15-25(19-27)33-32(38)29(34-31(37)23-11-4-3-5-12-23)18-24-14-8-13-22-10-6-7-17-28(22)24/h3-19H,2,20-21H2,1H3,(H,33,38)(H,34,37)/b29-18-. The van der Waals surface area contributed by atoms with E-state index in [1.54, 1.807) is 55.5 Å². The maximum Gasteiger partial charge on any atom is 0.313 e. The number of amides is 2. The topological polar surface area (TPSA) is 102 Å². The first kappa shape index (κ1) is 28.3. The molecule has 8 heteroatoms. The summed E-state index contributed by atoms with van der Waals surface area (Å²) >= 11 is 1.26. The molecule has 0 aliphatic carbocycles. The first-order valence-electron chi connectivity index (χ1n) is 12.7. The third-order valence-corrected chi connectivity index (χ3v) is 6.84. The fourth-order valence-electron chi connectivity index (χ4n) is 3.92.